The van der Waals surface area contributed by atoms with E-state index in [0.29, 0.717) is 11.0 Å². The highest BCUT2D eigenvalue weighted by Crippen LogP contribution is 2.38. The van der Waals surface area contributed by atoms with Crippen LogP contribution >= 0.6 is 7.82 Å². The number of aliphatic hydroxyl groups excluding tert-OH is 1. The average molecular weight is 493 g/mol. The lowest BCUT2D eigenvalue weighted by Gasteiger charge is -2.29. The minimum absolute atomic E-state index is 0.00252. The van der Waals surface area contributed by atoms with Crippen LogP contribution in [0.3, 0.4) is 0 Å². The summed E-state index contributed by atoms with van der Waals surface area (Å²) in [4.78, 5) is 23.8. The number of carbonyl (C=O) groups is 1. The Morgan fingerprint density at radius 2 is 1.61 bits per heavy atom. The molecule has 0 fully saturated rings. The van der Waals surface area contributed by atoms with Gasteiger partial charge in [0.1, 0.15) is 13.2 Å². The Bertz CT molecular complexity index is 580. The van der Waals surface area contributed by atoms with E-state index in [1.165, 1.54) is 44.9 Å². The van der Waals surface area contributed by atoms with Crippen molar-refractivity contribution >= 4 is 13.7 Å². The first kappa shape index (κ1) is 32.2. The molecule has 2 N–H and O–H groups in total. The fourth-order valence-corrected chi connectivity index (χ4v) is 3.84. The van der Waals surface area contributed by atoms with Gasteiger partial charge in [0.25, 0.3) is 7.82 Å². The molecule has 0 saturated carbocycles. The predicted octanol–water partition coefficient (Wildman–Crippen LogP) is 3.93. The molecule has 33 heavy (non-hydrogen) atoms. The van der Waals surface area contributed by atoms with Gasteiger partial charge in [-0.1, -0.05) is 77.4 Å². The molecule has 0 bridgehead atoms. The Labute approximate surface area is 201 Å². The van der Waals surface area contributed by atoms with Crippen LogP contribution < -0.4 is 10.2 Å². The first-order valence-corrected chi connectivity index (χ1v) is 14.0. The van der Waals surface area contributed by atoms with Crippen LogP contribution in [0.2, 0.25) is 0 Å². The third-order valence-electron chi connectivity index (χ3n) is 5.31. The molecule has 1 amide bonds. The molecular formula is C24H49N2O6P. The largest absolute Gasteiger partial charge is 0.756 e. The zero-order chi connectivity index (χ0) is 25.2. The van der Waals surface area contributed by atoms with E-state index in [0.717, 1.165) is 19.3 Å². The summed E-state index contributed by atoms with van der Waals surface area (Å²) in [6, 6.07) is -0.874. The fraction of sp³-hybridized carbons (Fsp3) is 0.875. The maximum atomic E-state index is 12.0. The summed E-state index contributed by atoms with van der Waals surface area (Å²) in [5.74, 6) is -0.290. The molecule has 196 valence electrons. The van der Waals surface area contributed by atoms with E-state index in [4.69, 9.17) is 9.05 Å². The molecular weight excluding hydrogens is 443 g/mol. The highest BCUT2D eigenvalue weighted by atomic mass is 31.2. The van der Waals surface area contributed by atoms with Crippen LogP contribution in [0.25, 0.3) is 0 Å². The number of phosphoric ester groups is 1. The third kappa shape index (κ3) is 20.3. The van der Waals surface area contributed by atoms with Gasteiger partial charge in [-0.25, -0.2) is 0 Å². The fourth-order valence-electron chi connectivity index (χ4n) is 3.11. The number of phosphoric acid groups is 1. The Hall–Kier alpha value is -0.760. The molecule has 3 unspecified atom stereocenters. The lowest BCUT2D eigenvalue weighted by molar-refractivity contribution is -0.870. The summed E-state index contributed by atoms with van der Waals surface area (Å²) in [7, 11) is 1.25. The maximum absolute atomic E-state index is 12.0. The number of aliphatic hydroxyl groups is 1. The Morgan fingerprint density at radius 1 is 1.03 bits per heavy atom. The molecule has 0 saturated heterocycles. The van der Waals surface area contributed by atoms with E-state index in [1.807, 2.05) is 27.2 Å². The highest BCUT2D eigenvalue weighted by molar-refractivity contribution is 7.45. The molecule has 3 atom stereocenters. The molecule has 0 aromatic carbocycles. The summed E-state index contributed by atoms with van der Waals surface area (Å²) in [6.45, 7) is 4.02. The molecule has 0 aliphatic heterocycles. The van der Waals surface area contributed by atoms with Crippen molar-refractivity contribution in [2.45, 2.75) is 96.6 Å². The standard InChI is InChI=1S/C24H49N2O6P/c1-6-8-9-10-11-12-13-14-15-16-17-18-23(27)22(25-24(28)7-2)21-32-33(29,30)31-20-19-26(3,4)5/h17-18,22-23,27H,6-16,19-21H2,1-5H3,(H-,25,28,29,30)/b18-17+. The smallest absolute Gasteiger partial charge is 0.268 e. The number of hydrogen-bond donors (Lipinski definition) is 2. The van der Waals surface area contributed by atoms with Crippen LogP contribution in [-0.2, 0) is 18.4 Å². The number of unbranched alkanes of at least 4 members (excludes halogenated alkanes) is 9. The number of likely N-dealkylation sites (N-methyl/N-ethyl adjacent to an activating group) is 1. The van der Waals surface area contributed by atoms with E-state index in [-0.39, 0.29) is 25.5 Å². The van der Waals surface area contributed by atoms with Gasteiger partial charge in [0.15, 0.2) is 0 Å². The van der Waals surface area contributed by atoms with Crippen molar-refractivity contribution in [2.75, 3.05) is 40.9 Å². The van der Waals surface area contributed by atoms with Crippen molar-refractivity contribution in [3.05, 3.63) is 12.2 Å². The molecule has 0 aliphatic rings. The molecule has 0 aromatic heterocycles. The number of quaternary nitrogens is 1. The first-order valence-electron chi connectivity index (χ1n) is 12.6. The second-order valence-electron chi connectivity index (χ2n) is 9.65. The van der Waals surface area contributed by atoms with Gasteiger partial charge in [-0.3, -0.25) is 9.36 Å². The molecule has 8 nitrogen and oxygen atoms in total. The van der Waals surface area contributed by atoms with Crippen molar-refractivity contribution in [1.82, 2.24) is 5.32 Å². The van der Waals surface area contributed by atoms with Crippen molar-refractivity contribution in [1.29, 1.82) is 0 Å². The zero-order valence-corrected chi connectivity index (χ0v) is 22.5. The second-order valence-corrected chi connectivity index (χ2v) is 11.1. The SMILES string of the molecule is CCCCCCCCCCC/C=C/C(O)C(COP(=O)([O-])OCC[N+](C)(C)C)NC(=O)CC. The number of carbonyl (C=O) groups excluding carboxylic acids is 1. The lowest BCUT2D eigenvalue weighted by atomic mass is 10.1. The monoisotopic (exact) mass is 492 g/mol. The minimum Gasteiger partial charge on any atom is -0.756 e. The number of rotatable bonds is 21. The quantitative estimate of drug-likeness (QED) is 0.109. The Balaban J connectivity index is 4.38. The Kier molecular flexibility index (Phi) is 18.1. The van der Waals surface area contributed by atoms with Gasteiger partial charge in [-0.2, -0.15) is 0 Å². The van der Waals surface area contributed by atoms with Crippen LogP contribution in [0.15, 0.2) is 12.2 Å². The van der Waals surface area contributed by atoms with Gasteiger partial charge in [-0.05, 0) is 12.8 Å². The van der Waals surface area contributed by atoms with Gasteiger partial charge >= 0.3 is 0 Å². The molecule has 0 aliphatic carbocycles. The molecule has 0 radical (unpaired) electrons. The van der Waals surface area contributed by atoms with Gasteiger partial charge < -0.3 is 28.8 Å². The predicted molar refractivity (Wildman–Crippen MR) is 132 cm³/mol. The van der Waals surface area contributed by atoms with Crippen LogP contribution in [0.5, 0.6) is 0 Å². The van der Waals surface area contributed by atoms with Crippen LogP contribution in [-0.4, -0.2) is 68.5 Å². The topological polar surface area (TPSA) is 108 Å². The summed E-state index contributed by atoms with van der Waals surface area (Å²) in [6.07, 6.45) is 14.7. The number of allylic oxidation sites excluding steroid dienone is 1. The Morgan fingerprint density at radius 3 is 2.15 bits per heavy atom. The summed E-state index contributed by atoms with van der Waals surface area (Å²) in [5.41, 5.74) is 0. The molecule has 0 rings (SSSR count). The number of amides is 1. The molecule has 0 heterocycles. The van der Waals surface area contributed by atoms with Crippen molar-refractivity contribution in [2.24, 2.45) is 0 Å². The number of nitrogens with one attached hydrogen (secondary N) is 1. The highest BCUT2D eigenvalue weighted by Gasteiger charge is 2.22. The van der Waals surface area contributed by atoms with Crippen LogP contribution in [0, 0.1) is 0 Å². The van der Waals surface area contributed by atoms with E-state index in [2.05, 4.69) is 12.2 Å². The van der Waals surface area contributed by atoms with Gasteiger partial charge in [0.05, 0.1) is 39.9 Å². The first-order chi connectivity index (χ1) is 15.5. The van der Waals surface area contributed by atoms with Crippen molar-refractivity contribution < 1.29 is 32.9 Å². The third-order valence-corrected chi connectivity index (χ3v) is 6.28. The summed E-state index contributed by atoms with van der Waals surface area (Å²) in [5, 5.41) is 13.1. The van der Waals surface area contributed by atoms with E-state index < -0.39 is 20.0 Å². The van der Waals surface area contributed by atoms with Crippen molar-refractivity contribution in [3.63, 3.8) is 0 Å². The van der Waals surface area contributed by atoms with Gasteiger partial charge in [-0.15, -0.1) is 0 Å². The second kappa shape index (κ2) is 18.6. The number of nitrogens with zero attached hydrogens (tertiary/aromatic N) is 1. The van der Waals surface area contributed by atoms with E-state index >= 15 is 0 Å². The molecule has 0 spiro atoms. The van der Waals surface area contributed by atoms with Crippen LogP contribution in [0.1, 0.15) is 84.5 Å². The lowest BCUT2D eigenvalue weighted by Crippen LogP contribution is -2.45. The molecule has 9 heteroatoms. The van der Waals surface area contributed by atoms with Crippen molar-refractivity contribution in [3.8, 4) is 0 Å². The van der Waals surface area contributed by atoms with Gasteiger partial charge in [0.2, 0.25) is 5.91 Å². The average Bonchev–Trinajstić information content (AvgIpc) is 2.73. The zero-order valence-electron chi connectivity index (χ0n) is 21.6. The van der Waals surface area contributed by atoms with Gasteiger partial charge in [0, 0.05) is 6.42 Å². The maximum Gasteiger partial charge on any atom is 0.268 e. The van der Waals surface area contributed by atoms with E-state index in [9.17, 15) is 19.4 Å². The molecule has 0 aromatic rings. The minimum atomic E-state index is -4.53. The van der Waals surface area contributed by atoms with Crippen LogP contribution in [0.4, 0.5) is 0 Å². The summed E-state index contributed by atoms with van der Waals surface area (Å²) >= 11 is 0. The normalized spacial score (nSPS) is 16.0. The van der Waals surface area contributed by atoms with E-state index in [1.54, 1.807) is 13.0 Å². The summed E-state index contributed by atoms with van der Waals surface area (Å²) < 4.78 is 22.4. The number of hydrogen-bond acceptors (Lipinski definition) is 6.